The third-order valence-electron chi connectivity index (χ3n) is 4.08. The van der Waals surface area contributed by atoms with Gasteiger partial charge in [-0.3, -0.25) is 4.99 Å². The summed E-state index contributed by atoms with van der Waals surface area (Å²) in [6.07, 6.45) is 15.1. The van der Waals surface area contributed by atoms with Crippen molar-refractivity contribution in [2.24, 2.45) is 4.99 Å². The monoisotopic (exact) mass is 421 g/mol. The van der Waals surface area contributed by atoms with Crippen LogP contribution in [0.3, 0.4) is 0 Å². The van der Waals surface area contributed by atoms with E-state index in [1.165, 1.54) is 16.7 Å². The van der Waals surface area contributed by atoms with Crippen molar-refractivity contribution in [3.63, 3.8) is 0 Å². The molecule has 0 saturated heterocycles. The molecule has 1 aromatic carbocycles. The highest BCUT2D eigenvalue weighted by Crippen LogP contribution is 2.25. The molecular weight excluding hydrogens is 378 g/mol. The predicted molar refractivity (Wildman–Crippen MR) is 143 cm³/mol. The van der Waals surface area contributed by atoms with Gasteiger partial charge < -0.3 is 4.74 Å². The van der Waals surface area contributed by atoms with E-state index in [0.717, 1.165) is 11.5 Å². The van der Waals surface area contributed by atoms with Crippen molar-refractivity contribution in [2.45, 2.75) is 61.3 Å². The molecule has 2 nitrogen and oxygen atoms in total. The second-order valence-electron chi connectivity index (χ2n) is 6.54. The Morgan fingerprint density at radius 3 is 2.16 bits per heavy atom. The largest absolute Gasteiger partial charge is 0.492 e. The Balaban J connectivity index is 0. The normalized spacial score (nSPS) is 12.2. The maximum atomic E-state index is 5.49. The molecule has 0 unspecified atom stereocenters. The number of aliphatic imine (C=N–C) groups is 1. The SMILES string of the molecule is C=C/C(=C\C)c1ccccc1C(C)C.C=C/C=C\C=C(/C)OC/C(=C/C)N=CC.CC. The summed E-state index contributed by atoms with van der Waals surface area (Å²) in [6.45, 7) is 24.2. The standard InChI is InChI=1S/C14H18.C13H19NO.C2H6/c1-5-12(6-2)14-10-8-7-9-13(14)11(3)4;1-5-8-9-10-12(4)15-11-13(6-2)14-7-3;1-2/h5-11H,1H2,2-4H3;5-10H,1,11H2,2-4H3;1-2H3/b12-6+;9-8-,12-10+,13-6-,14-7?;. The van der Waals surface area contributed by atoms with Crippen LogP contribution in [0.5, 0.6) is 0 Å². The molecule has 170 valence electrons. The summed E-state index contributed by atoms with van der Waals surface area (Å²) < 4.78 is 5.49. The minimum Gasteiger partial charge on any atom is -0.492 e. The number of nitrogens with zero attached hydrogens (tertiary/aromatic N) is 1. The van der Waals surface area contributed by atoms with E-state index in [1.54, 1.807) is 12.3 Å². The van der Waals surface area contributed by atoms with Crippen molar-refractivity contribution in [3.8, 4) is 0 Å². The second kappa shape index (κ2) is 20.4. The molecule has 0 amide bonds. The molecule has 0 radical (unpaired) electrons. The first-order chi connectivity index (χ1) is 14.9. The molecule has 0 saturated carbocycles. The van der Waals surface area contributed by atoms with Crippen LogP contribution in [0.2, 0.25) is 0 Å². The molecule has 31 heavy (non-hydrogen) atoms. The van der Waals surface area contributed by atoms with Gasteiger partial charge in [0.2, 0.25) is 0 Å². The quantitative estimate of drug-likeness (QED) is 0.221. The van der Waals surface area contributed by atoms with Crippen molar-refractivity contribution >= 4 is 11.8 Å². The fourth-order valence-corrected chi connectivity index (χ4v) is 2.51. The van der Waals surface area contributed by atoms with Crippen molar-refractivity contribution in [3.05, 3.63) is 103 Å². The Hall–Kier alpha value is -2.87. The molecule has 0 aromatic heterocycles. The van der Waals surface area contributed by atoms with Gasteiger partial charge in [0.05, 0.1) is 11.5 Å². The molecule has 0 N–H and O–H groups in total. The van der Waals surface area contributed by atoms with Gasteiger partial charge >= 0.3 is 0 Å². The molecule has 0 aliphatic rings. The lowest BCUT2D eigenvalue weighted by Gasteiger charge is -2.12. The lowest BCUT2D eigenvalue weighted by atomic mass is 9.92. The van der Waals surface area contributed by atoms with Gasteiger partial charge in [-0.05, 0) is 56.4 Å². The third kappa shape index (κ3) is 13.9. The molecule has 0 atom stereocenters. The fraction of sp³-hybridized carbons (Fsp3) is 0.345. The Bertz CT molecular complexity index is 774. The topological polar surface area (TPSA) is 21.6 Å². The Kier molecular flexibility index (Phi) is 20.0. The van der Waals surface area contributed by atoms with Gasteiger partial charge in [-0.25, -0.2) is 0 Å². The minimum atomic E-state index is 0.505. The molecule has 0 aliphatic heterocycles. The molecule has 1 aromatic rings. The molecule has 0 bridgehead atoms. The average molecular weight is 422 g/mol. The van der Waals surface area contributed by atoms with Crippen LogP contribution < -0.4 is 0 Å². The molecule has 0 spiro atoms. The van der Waals surface area contributed by atoms with Crippen LogP contribution in [0.25, 0.3) is 5.57 Å². The number of hydrogen-bond acceptors (Lipinski definition) is 2. The first-order valence-corrected chi connectivity index (χ1v) is 11.1. The maximum absolute atomic E-state index is 5.49. The molecular formula is C29H43NO. The van der Waals surface area contributed by atoms with Crippen LogP contribution in [0.15, 0.2) is 96.4 Å². The number of hydrogen-bond donors (Lipinski definition) is 0. The van der Waals surface area contributed by atoms with Crippen molar-refractivity contribution in [1.82, 2.24) is 0 Å². The van der Waals surface area contributed by atoms with E-state index in [2.05, 4.69) is 62.3 Å². The lowest BCUT2D eigenvalue weighted by molar-refractivity contribution is 0.241. The summed E-state index contributed by atoms with van der Waals surface area (Å²) in [6, 6.07) is 8.52. The van der Waals surface area contributed by atoms with Gasteiger partial charge in [0.25, 0.3) is 0 Å². The number of benzene rings is 1. The fourth-order valence-electron chi connectivity index (χ4n) is 2.51. The third-order valence-corrected chi connectivity index (χ3v) is 4.08. The average Bonchev–Trinajstić information content (AvgIpc) is 2.79. The van der Waals surface area contributed by atoms with Crippen molar-refractivity contribution < 1.29 is 4.74 Å². The van der Waals surface area contributed by atoms with Crippen LogP contribution in [-0.2, 0) is 4.74 Å². The highest BCUT2D eigenvalue weighted by atomic mass is 16.5. The Morgan fingerprint density at radius 2 is 1.68 bits per heavy atom. The van der Waals surface area contributed by atoms with Crippen molar-refractivity contribution in [1.29, 1.82) is 0 Å². The highest BCUT2D eigenvalue weighted by molar-refractivity contribution is 5.75. The van der Waals surface area contributed by atoms with Crippen LogP contribution in [0, 0.1) is 0 Å². The molecule has 0 fully saturated rings. The summed E-state index contributed by atoms with van der Waals surface area (Å²) in [5, 5.41) is 0. The molecule has 2 heteroatoms. The van der Waals surface area contributed by atoms with Gasteiger partial charge in [0.15, 0.2) is 0 Å². The van der Waals surface area contributed by atoms with Crippen molar-refractivity contribution in [2.75, 3.05) is 6.61 Å². The van der Waals surface area contributed by atoms with E-state index in [1.807, 2.05) is 71.9 Å². The number of rotatable bonds is 9. The van der Waals surface area contributed by atoms with Crippen LogP contribution in [0.4, 0.5) is 0 Å². The van der Waals surface area contributed by atoms with E-state index in [4.69, 9.17) is 4.74 Å². The Labute approximate surface area is 192 Å². The van der Waals surface area contributed by atoms with Gasteiger partial charge in [0.1, 0.15) is 6.61 Å². The summed E-state index contributed by atoms with van der Waals surface area (Å²) in [4.78, 5) is 4.16. The lowest BCUT2D eigenvalue weighted by Crippen LogP contribution is -1.94. The zero-order valence-electron chi connectivity index (χ0n) is 21.0. The van der Waals surface area contributed by atoms with E-state index in [9.17, 15) is 0 Å². The second-order valence-corrected chi connectivity index (χ2v) is 6.54. The summed E-state index contributed by atoms with van der Waals surface area (Å²) >= 11 is 0. The summed E-state index contributed by atoms with van der Waals surface area (Å²) in [5.41, 5.74) is 4.84. The maximum Gasteiger partial charge on any atom is 0.129 e. The number of allylic oxidation sites excluding steroid dienone is 9. The van der Waals surface area contributed by atoms with Crippen LogP contribution in [-0.4, -0.2) is 12.8 Å². The van der Waals surface area contributed by atoms with Gasteiger partial charge in [-0.2, -0.15) is 0 Å². The molecule has 1 rings (SSSR count). The molecule has 0 heterocycles. The molecule has 0 aliphatic carbocycles. The van der Waals surface area contributed by atoms with E-state index in [0.29, 0.717) is 12.5 Å². The summed E-state index contributed by atoms with van der Waals surface area (Å²) in [5.74, 6) is 1.42. The van der Waals surface area contributed by atoms with Gasteiger partial charge in [0, 0.05) is 6.21 Å². The number of ether oxygens (including phenoxy) is 1. The first kappa shape index (κ1) is 30.3. The van der Waals surface area contributed by atoms with Gasteiger partial charge in [-0.1, -0.05) is 102 Å². The summed E-state index contributed by atoms with van der Waals surface area (Å²) in [7, 11) is 0. The zero-order chi connectivity index (χ0) is 24.1. The van der Waals surface area contributed by atoms with Crippen LogP contribution in [0.1, 0.15) is 72.4 Å². The highest BCUT2D eigenvalue weighted by Gasteiger charge is 2.06. The van der Waals surface area contributed by atoms with Gasteiger partial charge in [-0.15, -0.1) is 0 Å². The first-order valence-electron chi connectivity index (χ1n) is 11.1. The van der Waals surface area contributed by atoms with Crippen LogP contribution >= 0.6 is 0 Å². The smallest absolute Gasteiger partial charge is 0.129 e. The van der Waals surface area contributed by atoms with E-state index >= 15 is 0 Å². The van der Waals surface area contributed by atoms with E-state index < -0.39 is 0 Å². The Morgan fingerprint density at radius 1 is 1.03 bits per heavy atom. The van der Waals surface area contributed by atoms with E-state index in [-0.39, 0.29) is 0 Å². The predicted octanol–water partition coefficient (Wildman–Crippen LogP) is 9.07. The zero-order valence-corrected chi connectivity index (χ0v) is 21.0. The minimum absolute atomic E-state index is 0.505.